The van der Waals surface area contributed by atoms with Gasteiger partial charge in [0.1, 0.15) is 41.2 Å². The van der Waals surface area contributed by atoms with E-state index in [2.05, 4.69) is 10.6 Å². The molecule has 8 bridgehead atoms. The fourth-order valence-electron chi connectivity index (χ4n) is 7.05. The molecule has 0 aromatic heterocycles. The lowest BCUT2D eigenvalue weighted by molar-refractivity contribution is -0.135. The van der Waals surface area contributed by atoms with E-state index in [1.165, 1.54) is 38.5 Å². The zero-order valence-electron chi connectivity index (χ0n) is 30.2. The van der Waals surface area contributed by atoms with Crippen LogP contribution in [0.4, 0.5) is 0 Å². The number of ether oxygens (including phenoxy) is 5. The van der Waals surface area contributed by atoms with Crippen molar-refractivity contribution in [3.8, 4) is 51.4 Å². The van der Waals surface area contributed by atoms with E-state index in [-0.39, 0.29) is 40.1 Å². The lowest BCUT2D eigenvalue weighted by Gasteiger charge is -2.34. The molecule has 280 valence electrons. The molecule has 0 aliphatic carbocycles. The van der Waals surface area contributed by atoms with Gasteiger partial charge in [0.2, 0.25) is 17.6 Å². The molecule has 53 heavy (non-hydrogen) atoms. The van der Waals surface area contributed by atoms with Crippen molar-refractivity contribution in [2.75, 3.05) is 42.0 Å². The molecule has 7 rings (SSSR count). The Morgan fingerprint density at radius 2 is 1.60 bits per heavy atom. The number of amides is 2. The number of methoxy groups -OCH3 is 4. The molecular formula is C39H43ClN4O9. The Hall–Kier alpha value is -5.21. The Balaban J connectivity index is 1.64. The third-order valence-electron chi connectivity index (χ3n) is 9.75. The van der Waals surface area contributed by atoms with Crippen LogP contribution in [0.5, 0.6) is 40.2 Å². The second-order valence-electron chi connectivity index (χ2n) is 13.0. The number of benzene rings is 4. The average Bonchev–Trinajstić information content (AvgIpc) is 3.14. The normalized spacial score (nSPS) is 21.6. The van der Waals surface area contributed by atoms with Crippen molar-refractivity contribution in [1.82, 2.24) is 15.5 Å². The van der Waals surface area contributed by atoms with Gasteiger partial charge in [0.05, 0.1) is 39.5 Å². The summed E-state index contributed by atoms with van der Waals surface area (Å²) in [6.45, 7) is 2.00. The van der Waals surface area contributed by atoms with Gasteiger partial charge in [-0.2, -0.15) is 0 Å². The van der Waals surface area contributed by atoms with Crippen LogP contribution >= 0.6 is 11.6 Å². The van der Waals surface area contributed by atoms with Crippen molar-refractivity contribution in [1.29, 1.82) is 0 Å². The van der Waals surface area contributed by atoms with Crippen LogP contribution in [-0.2, 0) is 9.59 Å². The summed E-state index contributed by atoms with van der Waals surface area (Å²) >= 11 is 6.69. The number of carbonyl (C=O) groups is 2. The zero-order valence-corrected chi connectivity index (χ0v) is 31.0. The van der Waals surface area contributed by atoms with E-state index in [1.54, 1.807) is 50.4 Å². The fraction of sp³-hybridized carbons (Fsp3) is 0.333. The number of rotatable bonds is 5. The first kappa shape index (κ1) is 37.5. The third-order valence-corrected chi connectivity index (χ3v) is 10.0. The van der Waals surface area contributed by atoms with Crippen LogP contribution in [0.15, 0.2) is 60.7 Å². The largest absolute Gasteiger partial charge is 0.504 e. The molecule has 0 fully saturated rings. The van der Waals surface area contributed by atoms with Crippen molar-refractivity contribution in [3.05, 3.63) is 87.9 Å². The summed E-state index contributed by atoms with van der Waals surface area (Å²) in [5.41, 5.74) is 9.94. The van der Waals surface area contributed by atoms with E-state index in [4.69, 9.17) is 41.0 Å². The number of hydrogen-bond acceptors (Lipinski definition) is 11. The Labute approximate surface area is 312 Å². The molecule has 4 aromatic rings. The van der Waals surface area contributed by atoms with Crippen molar-refractivity contribution >= 4 is 23.4 Å². The highest BCUT2D eigenvalue weighted by Crippen LogP contribution is 2.47. The van der Waals surface area contributed by atoms with Crippen LogP contribution in [-0.4, -0.2) is 75.0 Å². The number of halogens is 1. The number of nitrogens with zero attached hydrogens (tertiary/aromatic N) is 1. The number of fused-ring (bicyclic) bond motifs is 8. The molecule has 6 N–H and O–H groups in total. The number of phenolic OH excluding ortho intramolecular Hbond substituents is 1. The first-order valence-electron chi connectivity index (χ1n) is 17.0. The molecule has 4 aromatic carbocycles. The van der Waals surface area contributed by atoms with Gasteiger partial charge in [-0.25, -0.2) is 0 Å². The first-order chi connectivity index (χ1) is 25.4. The van der Waals surface area contributed by atoms with Crippen LogP contribution in [0.3, 0.4) is 0 Å². The molecule has 0 saturated heterocycles. The number of aliphatic hydroxyl groups is 1. The first-order valence-corrected chi connectivity index (χ1v) is 17.4. The second-order valence-corrected chi connectivity index (χ2v) is 13.4. The Morgan fingerprint density at radius 3 is 2.26 bits per heavy atom. The standard InChI is InChI=1S/C39H43ClN4O9/c1-7-27-23-16-22(49-3)17-31(51-5)33(23)24-12-19(8-10-29(24)50-4)35-39(48)43-34(38(47)42-27)36(46)20-9-11-30(25(40)13-20)53-32-15-21(26(41)18-44(35)2)14-28(45)37(32)52-6/h8-17,26-27,34-36,45-46H,7,18,41H2,1-6H3,(H,42,47)(H,43,48)/t26-,27+,34-,35+,36+/m0/s1. The van der Waals surface area contributed by atoms with Crippen LogP contribution in [0.2, 0.25) is 5.02 Å². The van der Waals surface area contributed by atoms with Crippen LogP contribution in [0.1, 0.15) is 59.8 Å². The van der Waals surface area contributed by atoms with E-state index in [9.17, 15) is 19.8 Å². The van der Waals surface area contributed by atoms with E-state index < -0.39 is 42.1 Å². The van der Waals surface area contributed by atoms with Crippen LogP contribution in [0, 0.1) is 0 Å². The van der Waals surface area contributed by atoms with Gasteiger partial charge in [-0.1, -0.05) is 30.7 Å². The smallest absolute Gasteiger partial charge is 0.246 e. The molecule has 3 heterocycles. The van der Waals surface area contributed by atoms with Crippen molar-refractivity contribution in [2.45, 2.75) is 43.6 Å². The highest BCUT2D eigenvalue weighted by atomic mass is 35.5. The second kappa shape index (κ2) is 15.4. The number of phenols is 1. The number of carbonyl (C=O) groups excluding carboxylic acids is 2. The fourth-order valence-corrected chi connectivity index (χ4v) is 7.28. The zero-order chi connectivity index (χ0) is 38.1. The maximum absolute atomic E-state index is 14.7. The van der Waals surface area contributed by atoms with Gasteiger partial charge in [-0.05, 0) is 78.2 Å². The van der Waals surface area contributed by atoms with Gasteiger partial charge in [-0.15, -0.1) is 0 Å². The molecule has 3 aliphatic heterocycles. The molecule has 2 amide bonds. The topological polar surface area (TPSA) is 174 Å². The summed E-state index contributed by atoms with van der Waals surface area (Å²) in [7, 11) is 7.74. The van der Waals surface area contributed by atoms with E-state index in [1.807, 2.05) is 19.1 Å². The minimum absolute atomic E-state index is 0.0589. The van der Waals surface area contributed by atoms with Gasteiger partial charge in [0, 0.05) is 29.8 Å². The maximum atomic E-state index is 14.7. The van der Waals surface area contributed by atoms with Gasteiger partial charge < -0.3 is 50.3 Å². The summed E-state index contributed by atoms with van der Waals surface area (Å²) < 4.78 is 29.0. The summed E-state index contributed by atoms with van der Waals surface area (Å²) in [6.07, 6.45) is -1.13. The van der Waals surface area contributed by atoms with Gasteiger partial charge >= 0.3 is 0 Å². The lowest BCUT2D eigenvalue weighted by Crippen LogP contribution is -2.53. The number of nitrogens with two attached hydrogens (primary N) is 1. The van der Waals surface area contributed by atoms with E-state index >= 15 is 0 Å². The van der Waals surface area contributed by atoms with E-state index in [0.717, 1.165) is 0 Å². The predicted molar refractivity (Wildman–Crippen MR) is 198 cm³/mol. The molecule has 3 aliphatic rings. The highest BCUT2D eigenvalue weighted by molar-refractivity contribution is 6.32. The highest BCUT2D eigenvalue weighted by Gasteiger charge is 2.38. The van der Waals surface area contributed by atoms with Crippen molar-refractivity contribution < 1.29 is 43.5 Å². The maximum Gasteiger partial charge on any atom is 0.246 e. The van der Waals surface area contributed by atoms with Crippen molar-refractivity contribution in [2.24, 2.45) is 5.73 Å². The predicted octanol–water partition coefficient (Wildman–Crippen LogP) is 5.32. The minimum atomic E-state index is -1.56. The molecule has 0 unspecified atom stereocenters. The summed E-state index contributed by atoms with van der Waals surface area (Å²) in [4.78, 5) is 30.8. The summed E-state index contributed by atoms with van der Waals surface area (Å²) in [6, 6.07) is 12.6. The third kappa shape index (κ3) is 7.12. The Kier molecular flexibility index (Phi) is 10.9. The SMILES string of the molecule is CC[C@H]1NC(=O)[C@H]2NC(=O)[C@@H](c3ccc(OC)c(c3)-c3c(OC)cc(OC)cc31)N(C)C[C@H](N)c1cc(O)c(OC)c(c1)Oc1ccc(cc1Cl)[C@H]2O. The minimum Gasteiger partial charge on any atom is -0.504 e. The molecule has 0 saturated carbocycles. The Morgan fingerprint density at radius 1 is 0.868 bits per heavy atom. The number of nitrogens with one attached hydrogen (secondary N) is 2. The van der Waals surface area contributed by atoms with E-state index in [0.29, 0.717) is 51.5 Å². The van der Waals surface area contributed by atoms with Gasteiger partial charge in [0.15, 0.2) is 11.5 Å². The molecule has 13 nitrogen and oxygen atoms in total. The average molecular weight is 747 g/mol. The number of likely N-dealkylation sites (N-methyl/N-ethyl adjacent to an activating group) is 1. The number of aromatic hydroxyl groups is 1. The Bertz CT molecular complexity index is 2040. The number of hydrogen-bond donors (Lipinski definition) is 5. The van der Waals surface area contributed by atoms with Crippen LogP contribution in [0.25, 0.3) is 11.1 Å². The number of aliphatic hydroxyl groups excluding tert-OH is 1. The summed E-state index contributed by atoms with van der Waals surface area (Å²) in [5.74, 6) is 0.397. The molecule has 0 radical (unpaired) electrons. The van der Waals surface area contributed by atoms with Crippen LogP contribution < -0.4 is 40.1 Å². The van der Waals surface area contributed by atoms with Gasteiger partial charge in [0.25, 0.3) is 0 Å². The monoisotopic (exact) mass is 746 g/mol. The summed E-state index contributed by atoms with van der Waals surface area (Å²) in [5, 5.41) is 28.9. The molecular weight excluding hydrogens is 704 g/mol. The van der Waals surface area contributed by atoms with Gasteiger partial charge in [-0.3, -0.25) is 14.5 Å². The molecule has 5 atom stereocenters. The lowest BCUT2D eigenvalue weighted by atomic mass is 9.88. The van der Waals surface area contributed by atoms with Crippen molar-refractivity contribution in [3.63, 3.8) is 0 Å². The molecule has 14 heteroatoms. The quantitative estimate of drug-likeness (QED) is 0.179. The molecule has 0 spiro atoms.